The van der Waals surface area contributed by atoms with Gasteiger partial charge in [0.1, 0.15) is 17.3 Å². The fraction of sp³-hybridized carbons (Fsp3) is 0.263. The third kappa shape index (κ3) is 7.15. The average Bonchev–Trinajstić information content (AvgIpc) is 2.65. The maximum Gasteiger partial charge on any atom is 0.277 e. The molecule has 1 heterocycles. The van der Waals surface area contributed by atoms with E-state index in [0.717, 1.165) is 5.56 Å². The normalized spacial score (nSPS) is 10.9. The van der Waals surface area contributed by atoms with Crippen LogP contribution in [0.3, 0.4) is 0 Å². The Morgan fingerprint density at radius 2 is 1.81 bits per heavy atom. The number of methoxy groups -OCH3 is 1. The Morgan fingerprint density at radius 3 is 2.48 bits per heavy atom. The first kappa shape index (κ1) is 19.9. The molecule has 0 spiro atoms. The van der Waals surface area contributed by atoms with Crippen LogP contribution in [0.2, 0.25) is 0 Å². The lowest BCUT2D eigenvalue weighted by Gasteiger charge is -2.07. The zero-order valence-electron chi connectivity index (χ0n) is 15.5. The Hall–Kier alpha value is -3.42. The summed E-state index contributed by atoms with van der Waals surface area (Å²) in [5.74, 6) is 1.02. The SMILES string of the molecule is COc1ccc(OCC(=O)N/N=C(/C)CC(=O)Nc2cc(C)ccn2)cc1. The third-order valence-corrected chi connectivity index (χ3v) is 3.40. The lowest BCUT2D eigenvalue weighted by Crippen LogP contribution is -2.26. The van der Waals surface area contributed by atoms with Crippen molar-refractivity contribution < 1.29 is 19.1 Å². The highest BCUT2D eigenvalue weighted by atomic mass is 16.5. The van der Waals surface area contributed by atoms with Crippen LogP contribution in [0.4, 0.5) is 5.82 Å². The van der Waals surface area contributed by atoms with E-state index in [2.05, 4.69) is 20.8 Å². The molecule has 0 saturated heterocycles. The van der Waals surface area contributed by atoms with E-state index in [1.54, 1.807) is 50.6 Å². The van der Waals surface area contributed by atoms with Crippen molar-refractivity contribution in [2.75, 3.05) is 19.0 Å². The summed E-state index contributed by atoms with van der Waals surface area (Å²) in [6.07, 6.45) is 1.66. The topological polar surface area (TPSA) is 102 Å². The van der Waals surface area contributed by atoms with Crippen LogP contribution in [0.1, 0.15) is 18.9 Å². The number of anilines is 1. The molecule has 8 heteroatoms. The van der Waals surface area contributed by atoms with Gasteiger partial charge in [-0.3, -0.25) is 9.59 Å². The predicted octanol–water partition coefficient (Wildman–Crippen LogP) is 2.30. The van der Waals surface area contributed by atoms with Gasteiger partial charge in [0.25, 0.3) is 5.91 Å². The number of amides is 2. The van der Waals surface area contributed by atoms with E-state index in [0.29, 0.717) is 23.0 Å². The molecule has 27 heavy (non-hydrogen) atoms. The van der Waals surface area contributed by atoms with E-state index >= 15 is 0 Å². The highest BCUT2D eigenvalue weighted by Crippen LogP contribution is 2.16. The molecular formula is C19H22N4O4. The van der Waals surface area contributed by atoms with Gasteiger partial charge in [0.15, 0.2) is 6.61 Å². The van der Waals surface area contributed by atoms with Crippen molar-refractivity contribution in [1.82, 2.24) is 10.4 Å². The van der Waals surface area contributed by atoms with Crippen molar-refractivity contribution in [3.8, 4) is 11.5 Å². The number of hydrazone groups is 1. The molecule has 2 N–H and O–H groups in total. The highest BCUT2D eigenvalue weighted by Gasteiger charge is 2.07. The number of carbonyl (C=O) groups excluding carboxylic acids is 2. The Bertz CT molecular complexity index is 819. The van der Waals surface area contributed by atoms with Gasteiger partial charge in [0, 0.05) is 11.9 Å². The van der Waals surface area contributed by atoms with E-state index < -0.39 is 5.91 Å². The Kier molecular flexibility index (Phi) is 7.30. The van der Waals surface area contributed by atoms with Gasteiger partial charge in [0.05, 0.1) is 13.5 Å². The molecule has 0 fully saturated rings. The number of nitrogens with one attached hydrogen (secondary N) is 2. The summed E-state index contributed by atoms with van der Waals surface area (Å²) in [5, 5.41) is 6.58. The fourth-order valence-corrected chi connectivity index (χ4v) is 2.07. The number of hydrogen-bond donors (Lipinski definition) is 2. The highest BCUT2D eigenvalue weighted by molar-refractivity contribution is 6.05. The quantitative estimate of drug-likeness (QED) is 0.548. The minimum Gasteiger partial charge on any atom is -0.497 e. The van der Waals surface area contributed by atoms with E-state index in [1.165, 1.54) is 0 Å². The van der Waals surface area contributed by atoms with Gasteiger partial charge in [-0.1, -0.05) is 0 Å². The first-order chi connectivity index (χ1) is 13.0. The van der Waals surface area contributed by atoms with E-state index in [1.807, 2.05) is 13.0 Å². The van der Waals surface area contributed by atoms with Gasteiger partial charge in [-0.25, -0.2) is 10.4 Å². The third-order valence-electron chi connectivity index (χ3n) is 3.40. The molecule has 2 amide bonds. The molecule has 0 aliphatic rings. The molecule has 0 aliphatic heterocycles. The molecule has 0 saturated carbocycles. The smallest absolute Gasteiger partial charge is 0.277 e. The standard InChI is InChI=1S/C19H22N4O4/c1-13-8-9-20-17(10-13)21-18(24)11-14(2)22-23-19(25)12-27-16-6-4-15(26-3)5-7-16/h4-10H,11-12H2,1-3H3,(H,23,25)(H,20,21,24)/b22-14-. The van der Waals surface area contributed by atoms with Crippen LogP contribution in [0.25, 0.3) is 0 Å². The second kappa shape index (κ2) is 9.91. The van der Waals surface area contributed by atoms with Crippen molar-refractivity contribution in [3.63, 3.8) is 0 Å². The number of ether oxygens (including phenoxy) is 2. The van der Waals surface area contributed by atoms with Crippen molar-refractivity contribution in [2.45, 2.75) is 20.3 Å². The van der Waals surface area contributed by atoms with Crippen LogP contribution in [-0.2, 0) is 9.59 Å². The number of nitrogens with zero attached hydrogens (tertiary/aromatic N) is 2. The number of pyridine rings is 1. The van der Waals surface area contributed by atoms with Crippen molar-refractivity contribution in [1.29, 1.82) is 0 Å². The minimum absolute atomic E-state index is 0.0369. The molecular weight excluding hydrogens is 348 g/mol. The number of aromatic nitrogens is 1. The second-order valence-corrected chi connectivity index (χ2v) is 5.79. The Morgan fingerprint density at radius 1 is 1.11 bits per heavy atom. The van der Waals surface area contributed by atoms with Crippen LogP contribution >= 0.6 is 0 Å². The fourth-order valence-electron chi connectivity index (χ4n) is 2.07. The summed E-state index contributed by atoms with van der Waals surface area (Å²) < 4.78 is 10.4. The summed E-state index contributed by atoms with van der Waals surface area (Å²) in [6.45, 7) is 3.37. The summed E-state index contributed by atoms with van der Waals surface area (Å²) in [5.41, 5.74) is 3.81. The molecule has 0 aliphatic carbocycles. The summed E-state index contributed by atoms with van der Waals surface area (Å²) in [6, 6.07) is 10.5. The monoisotopic (exact) mass is 370 g/mol. The van der Waals surface area contributed by atoms with Gasteiger partial charge in [0.2, 0.25) is 5.91 Å². The molecule has 0 radical (unpaired) electrons. The molecule has 2 aromatic rings. The molecule has 8 nitrogen and oxygen atoms in total. The van der Waals surface area contributed by atoms with Gasteiger partial charge in [-0.15, -0.1) is 0 Å². The maximum atomic E-state index is 12.0. The lowest BCUT2D eigenvalue weighted by atomic mass is 10.2. The number of rotatable bonds is 8. The minimum atomic E-state index is -0.425. The molecule has 0 bridgehead atoms. The largest absolute Gasteiger partial charge is 0.497 e. The number of hydrogen-bond acceptors (Lipinski definition) is 6. The van der Waals surface area contributed by atoms with Gasteiger partial charge >= 0.3 is 0 Å². The van der Waals surface area contributed by atoms with E-state index in [9.17, 15) is 9.59 Å². The summed E-state index contributed by atoms with van der Waals surface area (Å²) in [4.78, 5) is 27.8. The van der Waals surface area contributed by atoms with Crippen molar-refractivity contribution in [2.24, 2.45) is 5.10 Å². The van der Waals surface area contributed by atoms with Crippen LogP contribution < -0.4 is 20.2 Å². The summed E-state index contributed by atoms with van der Waals surface area (Å²) in [7, 11) is 1.57. The number of aryl methyl sites for hydroxylation is 1. The molecule has 2 rings (SSSR count). The molecule has 0 atom stereocenters. The van der Waals surface area contributed by atoms with E-state index in [-0.39, 0.29) is 18.9 Å². The van der Waals surface area contributed by atoms with Gasteiger partial charge in [-0.2, -0.15) is 5.10 Å². The second-order valence-electron chi connectivity index (χ2n) is 5.79. The van der Waals surface area contributed by atoms with Crippen LogP contribution in [0, 0.1) is 6.92 Å². The number of benzene rings is 1. The predicted molar refractivity (Wildman–Crippen MR) is 102 cm³/mol. The molecule has 1 aromatic heterocycles. The molecule has 0 unspecified atom stereocenters. The lowest BCUT2D eigenvalue weighted by molar-refractivity contribution is -0.123. The van der Waals surface area contributed by atoms with E-state index in [4.69, 9.17) is 9.47 Å². The van der Waals surface area contributed by atoms with Crippen LogP contribution in [-0.4, -0.2) is 36.2 Å². The van der Waals surface area contributed by atoms with Crippen molar-refractivity contribution in [3.05, 3.63) is 48.2 Å². The molecule has 1 aromatic carbocycles. The Labute approximate surface area is 157 Å². The molecule has 142 valence electrons. The van der Waals surface area contributed by atoms with Gasteiger partial charge in [-0.05, 0) is 55.8 Å². The maximum absolute atomic E-state index is 12.0. The van der Waals surface area contributed by atoms with Gasteiger partial charge < -0.3 is 14.8 Å². The number of carbonyl (C=O) groups is 2. The Balaban J connectivity index is 1.74. The van der Waals surface area contributed by atoms with Crippen molar-refractivity contribution >= 4 is 23.3 Å². The average molecular weight is 370 g/mol. The zero-order chi connectivity index (χ0) is 19.6. The zero-order valence-corrected chi connectivity index (χ0v) is 15.5. The first-order valence-electron chi connectivity index (χ1n) is 8.27. The first-order valence-corrected chi connectivity index (χ1v) is 8.27. The summed E-state index contributed by atoms with van der Waals surface area (Å²) >= 11 is 0. The van der Waals surface area contributed by atoms with Crippen LogP contribution in [0.5, 0.6) is 11.5 Å². The van der Waals surface area contributed by atoms with Crippen LogP contribution in [0.15, 0.2) is 47.7 Å².